The van der Waals surface area contributed by atoms with Gasteiger partial charge in [-0.05, 0) is 6.08 Å². The highest BCUT2D eigenvalue weighted by molar-refractivity contribution is 5.87. The van der Waals surface area contributed by atoms with Crippen molar-refractivity contribution in [3.8, 4) is 0 Å². The van der Waals surface area contributed by atoms with Crippen molar-refractivity contribution >= 4 is 5.91 Å². The van der Waals surface area contributed by atoms with Crippen molar-refractivity contribution in [2.24, 2.45) is 11.5 Å². The van der Waals surface area contributed by atoms with Gasteiger partial charge < -0.3 is 16.4 Å². The Morgan fingerprint density at radius 3 is 2.27 bits per heavy atom. The molecule has 62 valence electrons. The Kier molecular flexibility index (Phi) is 2.26. The van der Waals surface area contributed by atoms with Crippen molar-refractivity contribution in [1.29, 1.82) is 0 Å². The number of carbonyl (C=O) groups is 1. The molecule has 1 saturated heterocycles. The molecule has 4 heteroatoms. The van der Waals surface area contributed by atoms with Crippen LogP contribution in [-0.4, -0.2) is 36.0 Å². The number of nitrogens with two attached hydrogens (primary N) is 2. The predicted molar refractivity (Wildman–Crippen MR) is 42.7 cm³/mol. The third-order valence-electron chi connectivity index (χ3n) is 1.90. The van der Waals surface area contributed by atoms with Crippen molar-refractivity contribution in [2.45, 2.75) is 12.1 Å². The number of hydrogen-bond acceptors (Lipinski definition) is 3. The van der Waals surface area contributed by atoms with E-state index >= 15 is 0 Å². The van der Waals surface area contributed by atoms with E-state index < -0.39 is 0 Å². The van der Waals surface area contributed by atoms with Gasteiger partial charge in [-0.15, -0.1) is 0 Å². The molecule has 1 amide bonds. The quantitative estimate of drug-likeness (QED) is 0.461. The first-order chi connectivity index (χ1) is 5.15. The largest absolute Gasteiger partial charge is 0.336 e. The van der Waals surface area contributed by atoms with E-state index in [2.05, 4.69) is 6.58 Å². The second kappa shape index (κ2) is 3.02. The van der Waals surface area contributed by atoms with Crippen LogP contribution in [0.4, 0.5) is 0 Å². The minimum absolute atomic E-state index is 0.0844. The second-order valence-electron chi connectivity index (χ2n) is 2.78. The fourth-order valence-corrected chi connectivity index (χ4v) is 1.16. The van der Waals surface area contributed by atoms with Gasteiger partial charge in [-0.3, -0.25) is 4.79 Å². The highest BCUT2D eigenvalue weighted by atomic mass is 16.2. The lowest BCUT2D eigenvalue weighted by Gasteiger charge is -2.11. The molecule has 0 aromatic carbocycles. The van der Waals surface area contributed by atoms with E-state index in [4.69, 9.17) is 11.5 Å². The molecule has 1 heterocycles. The molecule has 0 aliphatic carbocycles. The summed E-state index contributed by atoms with van der Waals surface area (Å²) in [4.78, 5) is 12.6. The number of rotatable bonds is 1. The Morgan fingerprint density at radius 2 is 1.91 bits per heavy atom. The summed E-state index contributed by atoms with van der Waals surface area (Å²) in [5.74, 6) is -0.0894. The molecule has 0 bridgehead atoms. The van der Waals surface area contributed by atoms with E-state index in [1.807, 2.05) is 0 Å². The first kappa shape index (κ1) is 8.23. The van der Waals surface area contributed by atoms with Gasteiger partial charge in [-0.1, -0.05) is 6.58 Å². The maximum atomic E-state index is 11.0. The Labute approximate surface area is 65.8 Å². The molecule has 0 spiro atoms. The fraction of sp³-hybridized carbons (Fsp3) is 0.571. The van der Waals surface area contributed by atoms with Crippen LogP contribution in [0.5, 0.6) is 0 Å². The average Bonchev–Trinajstić information content (AvgIpc) is 2.31. The molecule has 0 aromatic rings. The summed E-state index contributed by atoms with van der Waals surface area (Å²) in [6.07, 6.45) is 1.28. The normalized spacial score (nSPS) is 30.5. The highest BCUT2D eigenvalue weighted by Crippen LogP contribution is 2.06. The monoisotopic (exact) mass is 155 g/mol. The molecule has 0 saturated carbocycles. The third kappa shape index (κ3) is 1.58. The molecule has 4 N–H and O–H groups in total. The topological polar surface area (TPSA) is 72.3 Å². The van der Waals surface area contributed by atoms with Gasteiger partial charge in [-0.25, -0.2) is 0 Å². The van der Waals surface area contributed by atoms with E-state index in [9.17, 15) is 4.79 Å². The van der Waals surface area contributed by atoms with E-state index in [0.717, 1.165) is 0 Å². The van der Waals surface area contributed by atoms with Gasteiger partial charge in [0.1, 0.15) is 0 Å². The standard InChI is InChI=1S/C7H13N3O/c1-2-7(11)10-3-5(8)6(9)4-10/h2,5-6H,1,3-4,8-9H2. The number of likely N-dealkylation sites (tertiary alicyclic amines) is 1. The van der Waals surface area contributed by atoms with Gasteiger partial charge >= 0.3 is 0 Å². The SMILES string of the molecule is C=CC(=O)N1CC(N)C(N)C1. The summed E-state index contributed by atoms with van der Waals surface area (Å²) in [6, 6.07) is -0.169. The van der Waals surface area contributed by atoms with Gasteiger partial charge in [0, 0.05) is 25.2 Å². The van der Waals surface area contributed by atoms with Crippen LogP contribution in [0, 0.1) is 0 Å². The zero-order valence-corrected chi connectivity index (χ0v) is 6.36. The summed E-state index contributed by atoms with van der Waals surface area (Å²) in [7, 11) is 0. The van der Waals surface area contributed by atoms with E-state index in [0.29, 0.717) is 13.1 Å². The van der Waals surface area contributed by atoms with E-state index in [-0.39, 0.29) is 18.0 Å². The molecule has 0 aromatic heterocycles. The summed E-state index contributed by atoms with van der Waals surface area (Å²) in [6.45, 7) is 4.48. The summed E-state index contributed by atoms with van der Waals surface area (Å²) >= 11 is 0. The van der Waals surface area contributed by atoms with Crippen LogP contribution < -0.4 is 11.5 Å². The van der Waals surface area contributed by atoms with Gasteiger partial charge in [0.05, 0.1) is 0 Å². The van der Waals surface area contributed by atoms with Crippen molar-refractivity contribution in [2.75, 3.05) is 13.1 Å². The maximum Gasteiger partial charge on any atom is 0.246 e. The van der Waals surface area contributed by atoms with Gasteiger partial charge in [0.25, 0.3) is 0 Å². The Balaban J connectivity index is 2.53. The molecule has 4 nitrogen and oxygen atoms in total. The Morgan fingerprint density at radius 1 is 1.45 bits per heavy atom. The van der Waals surface area contributed by atoms with Crippen LogP contribution in [0.25, 0.3) is 0 Å². The second-order valence-corrected chi connectivity index (χ2v) is 2.78. The predicted octanol–water partition coefficient (Wildman–Crippen LogP) is -1.33. The third-order valence-corrected chi connectivity index (χ3v) is 1.90. The molecule has 2 atom stereocenters. The number of hydrogen-bond donors (Lipinski definition) is 2. The molecule has 11 heavy (non-hydrogen) atoms. The van der Waals surface area contributed by atoms with E-state index in [1.54, 1.807) is 4.90 Å². The van der Waals surface area contributed by atoms with Crippen LogP contribution in [0.15, 0.2) is 12.7 Å². The summed E-state index contributed by atoms with van der Waals surface area (Å²) in [5.41, 5.74) is 11.2. The molecular weight excluding hydrogens is 142 g/mol. The first-order valence-corrected chi connectivity index (χ1v) is 3.57. The maximum absolute atomic E-state index is 11.0. The smallest absolute Gasteiger partial charge is 0.246 e. The highest BCUT2D eigenvalue weighted by Gasteiger charge is 2.28. The summed E-state index contributed by atoms with van der Waals surface area (Å²) < 4.78 is 0. The minimum Gasteiger partial charge on any atom is -0.336 e. The van der Waals surface area contributed by atoms with Crippen molar-refractivity contribution < 1.29 is 4.79 Å². The molecule has 1 fully saturated rings. The van der Waals surface area contributed by atoms with Crippen molar-refractivity contribution in [1.82, 2.24) is 4.90 Å². The average molecular weight is 155 g/mol. The number of carbonyl (C=O) groups excluding carboxylic acids is 1. The molecular formula is C7H13N3O. The van der Waals surface area contributed by atoms with E-state index in [1.165, 1.54) is 6.08 Å². The van der Waals surface area contributed by atoms with Gasteiger partial charge in [0.15, 0.2) is 0 Å². The molecule has 1 aliphatic rings. The lowest BCUT2D eigenvalue weighted by molar-refractivity contribution is -0.125. The number of amides is 1. The van der Waals surface area contributed by atoms with Gasteiger partial charge in [-0.2, -0.15) is 0 Å². The lowest BCUT2D eigenvalue weighted by Crippen LogP contribution is -2.39. The van der Waals surface area contributed by atoms with Crippen molar-refractivity contribution in [3.63, 3.8) is 0 Å². The first-order valence-electron chi connectivity index (χ1n) is 3.57. The number of nitrogens with zero attached hydrogens (tertiary/aromatic N) is 1. The summed E-state index contributed by atoms with van der Waals surface area (Å²) in [5, 5.41) is 0. The van der Waals surface area contributed by atoms with Crippen LogP contribution in [0.2, 0.25) is 0 Å². The van der Waals surface area contributed by atoms with Crippen LogP contribution in [-0.2, 0) is 4.79 Å². The van der Waals surface area contributed by atoms with Crippen LogP contribution >= 0.6 is 0 Å². The zero-order chi connectivity index (χ0) is 8.43. The lowest BCUT2D eigenvalue weighted by atomic mass is 10.2. The van der Waals surface area contributed by atoms with Crippen molar-refractivity contribution in [3.05, 3.63) is 12.7 Å². The molecule has 1 aliphatic heterocycles. The Hall–Kier alpha value is -0.870. The fourth-order valence-electron chi connectivity index (χ4n) is 1.16. The van der Waals surface area contributed by atoms with Crippen LogP contribution in [0.1, 0.15) is 0 Å². The molecule has 2 unspecified atom stereocenters. The van der Waals surface area contributed by atoms with Crippen LogP contribution in [0.3, 0.4) is 0 Å². The molecule has 0 radical (unpaired) electrons. The Bertz CT molecular complexity index is 171. The minimum atomic E-state index is -0.0894. The van der Waals surface area contributed by atoms with Gasteiger partial charge in [0.2, 0.25) is 5.91 Å². The zero-order valence-electron chi connectivity index (χ0n) is 6.36. The molecule has 1 rings (SSSR count).